The molecule has 2 nitrogen and oxygen atoms in total. The number of benzene rings is 1. The van der Waals surface area contributed by atoms with Crippen molar-refractivity contribution >= 4 is 5.84 Å². The van der Waals surface area contributed by atoms with Crippen molar-refractivity contribution < 1.29 is 0 Å². The Balaban J connectivity index is 0.000000845. The molecule has 0 amide bonds. The summed E-state index contributed by atoms with van der Waals surface area (Å²) < 4.78 is 0. The second-order valence-electron chi connectivity index (χ2n) is 3.02. The summed E-state index contributed by atoms with van der Waals surface area (Å²) >= 11 is 0. The monoisotopic (exact) mass is 176 g/mol. The Morgan fingerprint density at radius 2 is 1.92 bits per heavy atom. The first-order valence-corrected chi connectivity index (χ1v) is 4.21. The Kier molecular flexibility index (Phi) is 3.07. The maximum absolute atomic E-state index is 4.34. The highest BCUT2D eigenvalue weighted by Crippen LogP contribution is 2.05. The van der Waals surface area contributed by atoms with E-state index in [2.05, 4.69) is 41.5 Å². The Labute approximate surface area is 79.7 Å². The molecule has 2 rings (SSSR count). The number of aliphatic imine (C=N–C) groups is 1. The van der Waals surface area contributed by atoms with Gasteiger partial charge in [0.25, 0.3) is 0 Å². The van der Waals surface area contributed by atoms with Crippen molar-refractivity contribution in [2.45, 2.75) is 14.4 Å². The van der Waals surface area contributed by atoms with Crippen molar-refractivity contribution in [2.24, 2.45) is 4.99 Å². The zero-order chi connectivity index (χ0) is 8.39. The number of hydrogen-bond acceptors (Lipinski definition) is 2. The third-order valence-electron chi connectivity index (χ3n) is 2.00. The SMILES string of the molecule is C.Cc1ccc(C2=NCCN2)cc1. The van der Waals surface area contributed by atoms with E-state index in [0.29, 0.717) is 0 Å². The van der Waals surface area contributed by atoms with Gasteiger partial charge in [-0.3, -0.25) is 4.99 Å². The van der Waals surface area contributed by atoms with Crippen molar-refractivity contribution in [3.63, 3.8) is 0 Å². The summed E-state index contributed by atoms with van der Waals surface area (Å²) in [5, 5.41) is 3.24. The minimum Gasteiger partial charge on any atom is -0.368 e. The molecular weight excluding hydrogens is 160 g/mol. The summed E-state index contributed by atoms with van der Waals surface area (Å²) in [5.41, 5.74) is 2.48. The van der Waals surface area contributed by atoms with Crippen LogP contribution in [0.15, 0.2) is 29.3 Å². The third kappa shape index (κ3) is 2.08. The number of hydrogen-bond donors (Lipinski definition) is 1. The van der Waals surface area contributed by atoms with Crippen LogP contribution in [0.4, 0.5) is 0 Å². The molecule has 0 aromatic heterocycles. The number of rotatable bonds is 1. The Hall–Kier alpha value is -1.31. The summed E-state index contributed by atoms with van der Waals surface area (Å²) in [6.45, 7) is 3.97. The predicted octanol–water partition coefficient (Wildman–Crippen LogP) is 1.98. The van der Waals surface area contributed by atoms with Gasteiger partial charge in [-0.15, -0.1) is 0 Å². The van der Waals surface area contributed by atoms with E-state index in [4.69, 9.17) is 0 Å². The second-order valence-corrected chi connectivity index (χ2v) is 3.02. The summed E-state index contributed by atoms with van der Waals surface area (Å²) in [5.74, 6) is 1.04. The van der Waals surface area contributed by atoms with E-state index in [1.165, 1.54) is 11.1 Å². The van der Waals surface area contributed by atoms with Crippen molar-refractivity contribution in [3.8, 4) is 0 Å². The minimum absolute atomic E-state index is 0. The van der Waals surface area contributed by atoms with Gasteiger partial charge in [0.05, 0.1) is 6.54 Å². The van der Waals surface area contributed by atoms with Crippen LogP contribution < -0.4 is 5.32 Å². The van der Waals surface area contributed by atoms with E-state index in [1.807, 2.05) is 0 Å². The lowest BCUT2D eigenvalue weighted by atomic mass is 10.1. The molecule has 1 heterocycles. The largest absolute Gasteiger partial charge is 0.368 e. The average molecular weight is 176 g/mol. The highest BCUT2D eigenvalue weighted by molar-refractivity contribution is 5.99. The van der Waals surface area contributed by atoms with Crippen LogP contribution in [0.2, 0.25) is 0 Å². The van der Waals surface area contributed by atoms with Gasteiger partial charge in [0.1, 0.15) is 5.84 Å². The quantitative estimate of drug-likeness (QED) is 0.695. The first-order chi connectivity index (χ1) is 5.86. The molecule has 0 saturated carbocycles. The number of nitrogens with one attached hydrogen (secondary N) is 1. The standard InChI is InChI=1S/C10H12N2.CH4/c1-8-2-4-9(5-3-8)10-11-6-7-12-10;/h2-5H,6-7H2,1H3,(H,11,12);1H4. The zero-order valence-corrected chi connectivity index (χ0v) is 7.17. The van der Waals surface area contributed by atoms with Gasteiger partial charge in [0.15, 0.2) is 0 Å². The van der Waals surface area contributed by atoms with Crippen molar-refractivity contribution in [1.29, 1.82) is 0 Å². The number of aryl methyl sites for hydroxylation is 1. The Morgan fingerprint density at radius 3 is 2.46 bits per heavy atom. The topological polar surface area (TPSA) is 24.4 Å². The lowest BCUT2D eigenvalue weighted by molar-refractivity contribution is 0.960. The van der Waals surface area contributed by atoms with Crippen LogP contribution in [0.25, 0.3) is 0 Å². The molecule has 70 valence electrons. The second kappa shape index (κ2) is 4.08. The summed E-state index contributed by atoms with van der Waals surface area (Å²) in [4.78, 5) is 4.34. The van der Waals surface area contributed by atoms with Gasteiger partial charge in [-0.1, -0.05) is 37.3 Å². The van der Waals surface area contributed by atoms with Crippen molar-refractivity contribution in [2.75, 3.05) is 13.1 Å². The molecule has 0 fully saturated rings. The van der Waals surface area contributed by atoms with Crippen LogP contribution in [-0.2, 0) is 0 Å². The molecular formula is C11H16N2. The molecule has 0 bridgehead atoms. The van der Waals surface area contributed by atoms with Crippen LogP contribution in [0.3, 0.4) is 0 Å². The average Bonchev–Trinajstić information content (AvgIpc) is 2.58. The normalized spacial score (nSPS) is 14.4. The van der Waals surface area contributed by atoms with Crippen molar-refractivity contribution in [3.05, 3.63) is 35.4 Å². The maximum atomic E-state index is 4.34. The van der Waals surface area contributed by atoms with E-state index >= 15 is 0 Å². The fraction of sp³-hybridized carbons (Fsp3) is 0.364. The van der Waals surface area contributed by atoms with Gasteiger partial charge in [-0.25, -0.2) is 0 Å². The molecule has 1 aromatic carbocycles. The highest BCUT2D eigenvalue weighted by Gasteiger charge is 2.05. The van der Waals surface area contributed by atoms with Crippen LogP contribution >= 0.6 is 0 Å². The molecule has 0 radical (unpaired) electrons. The van der Waals surface area contributed by atoms with E-state index < -0.39 is 0 Å². The van der Waals surface area contributed by atoms with Crippen LogP contribution in [0, 0.1) is 6.92 Å². The summed E-state index contributed by atoms with van der Waals surface area (Å²) in [6.07, 6.45) is 0. The molecule has 0 aliphatic carbocycles. The number of amidine groups is 1. The first-order valence-electron chi connectivity index (χ1n) is 4.21. The molecule has 0 spiro atoms. The molecule has 0 atom stereocenters. The van der Waals surface area contributed by atoms with Gasteiger partial charge in [-0.05, 0) is 6.92 Å². The van der Waals surface area contributed by atoms with Crippen LogP contribution in [0.5, 0.6) is 0 Å². The predicted molar refractivity (Wildman–Crippen MR) is 57.3 cm³/mol. The molecule has 1 aliphatic heterocycles. The Bertz CT molecular complexity index is 298. The van der Waals surface area contributed by atoms with E-state index in [9.17, 15) is 0 Å². The molecule has 13 heavy (non-hydrogen) atoms. The molecule has 1 aromatic rings. The van der Waals surface area contributed by atoms with Crippen molar-refractivity contribution in [1.82, 2.24) is 5.32 Å². The maximum Gasteiger partial charge on any atom is 0.128 e. The van der Waals surface area contributed by atoms with Crippen LogP contribution in [0.1, 0.15) is 18.6 Å². The van der Waals surface area contributed by atoms with Gasteiger partial charge in [0.2, 0.25) is 0 Å². The minimum atomic E-state index is 0. The lowest BCUT2D eigenvalue weighted by Gasteiger charge is -2.01. The fourth-order valence-electron chi connectivity index (χ4n) is 1.30. The smallest absolute Gasteiger partial charge is 0.128 e. The van der Waals surface area contributed by atoms with E-state index in [0.717, 1.165) is 18.9 Å². The highest BCUT2D eigenvalue weighted by atomic mass is 15.1. The van der Waals surface area contributed by atoms with Gasteiger partial charge >= 0.3 is 0 Å². The number of nitrogens with zero attached hydrogens (tertiary/aromatic N) is 1. The fourth-order valence-corrected chi connectivity index (χ4v) is 1.30. The Morgan fingerprint density at radius 1 is 1.23 bits per heavy atom. The molecule has 1 N–H and O–H groups in total. The summed E-state index contributed by atoms with van der Waals surface area (Å²) in [6, 6.07) is 8.43. The van der Waals surface area contributed by atoms with Gasteiger partial charge < -0.3 is 5.32 Å². The summed E-state index contributed by atoms with van der Waals surface area (Å²) in [7, 11) is 0. The third-order valence-corrected chi connectivity index (χ3v) is 2.00. The molecule has 0 unspecified atom stereocenters. The first kappa shape index (κ1) is 9.78. The molecule has 0 saturated heterocycles. The molecule has 2 heteroatoms. The van der Waals surface area contributed by atoms with E-state index in [1.54, 1.807) is 0 Å². The zero-order valence-electron chi connectivity index (χ0n) is 7.17. The van der Waals surface area contributed by atoms with E-state index in [-0.39, 0.29) is 7.43 Å². The molecule has 1 aliphatic rings. The lowest BCUT2D eigenvalue weighted by Crippen LogP contribution is -2.19. The van der Waals surface area contributed by atoms with Gasteiger partial charge in [0, 0.05) is 12.1 Å². The van der Waals surface area contributed by atoms with Crippen LogP contribution in [-0.4, -0.2) is 18.9 Å². The van der Waals surface area contributed by atoms with Gasteiger partial charge in [-0.2, -0.15) is 0 Å².